The van der Waals surface area contributed by atoms with Crippen LogP contribution in [-0.4, -0.2) is 33.0 Å². The van der Waals surface area contributed by atoms with Crippen molar-refractivity contribution in [1.29, 1.82) is 5.41 Å². The maximum Gasteiger partial charge on any atom is 0.326 e. The van der Waals surface area contributed by atoms with E-state index in [1.165, 1.54) is 18.2 Å². The molecule has 1 rings (SSSR count). The van der Waals surface area contributed by atoms with Crippen LogP contribution in [0.25, 0.3) is 0 Å². The Balaban J connectivity index is 3.06. The summed E-state index contributed by atoms with van der Waals surface area (Å²) in [7, 11) is -4.45. The summed E-state index contributed by atoms with van der Waals surface area (Å²) in [6.07, 6.45) is -0.786. The Labute approximate surface area is 108 Å². The first-order valence-electron chi connectivity index (χ1n) is 5.17. The molecule has 0 spiro atoms. The quantitative estimate of drug-likeness (QED) is 0.259. The molecule has 19 heavy (non-hydrogen) atoms. The van der Waals surface area contributed by atoms with E-state index in [-0.39, 0.29) is 11.5 Å². The third kappa shape index (κ3) is 5.09. The lowest BCUT2D eigenvalue weighted by molar-refractivity contribution is -0.138. The number of hydrogen-bond acceptors (Lipinski definition) is 3. The van der Waals surface area contributed by atoms with Gasteiger partial charge in [0.1, 0.15) is 0 Å². The minimum absolute atomic E-state index is 0.224. The fraction of sp³-hybridized carbons (Fsp3) is 0.200. The van der Waals surface area contributed by atoms with Crippen molar-refractivity contribution in [2.45, 2.75) is 5.92 Å². The average molecular weight is 287 g/mol. The third-order valence-electron chi connectivity index (χ3n) is 2.29. The molecule has 0 aliphatic heterocycles. The molecule has 8 nitrogen and oxygen atoms in total. The molecule has 0 aliphatic rings. The van der Waals surface area contributed by atoms with Gasteiger partial charge in [0.05, 0.1) is 12.1 Å². The summed E-state index contributed by atoms with van der Waals surface area (Å²) in [5, 5.41) is 18.6. The van der Waals surface area contributed by atoms with Crippen molar-refractivity contribution in [3.05, 3.63) is 29.8 Å². The summed E-state index contributed by atoms with van der Waals surface area (Å²) in [5.74, 6) is -2.98. The van der Waals surface area contributed by atoms with Crippen molar-refractivity contribution in [3.63, 3.8) is 0 Å². The van der Waals surface area contributed by atoms with Gasteiger partial charge >= 0.3 is 13.6 Å². The zero-order chi connectivity index (χ0) is 14.6. The minimum atomic E-state index is -4.45. The molecule has 0 saturated heterocycles. The van der Waals surface area contributed by atoms with Crippen LogP contribution in [0.5, 0.6) is 0 Å². The van der Waals surface area contributed by atoms with Crippen LogP contribution in [0.3, 0.4) is 0 Å². The topological polar surface area (TPSA) is 157 Å². The van der Waals surface area contributed by atoms with Crippen molar-refractivity contribution in [2.24, 2.45) is 5.73 Å². The van der Waals surface area contributed by atoms with Gasteiger partial charge in [0.25, 0.3) is 0 Å². The number of hydrogen-bond donors (Lipinski definition) is 6. The van der Waals surface area contributed by atoms with Crippen LogP contribution in [-0.2, 0) is 9.36 Å². The van der Waals surface area contributed by atoms with E-state index >= 15 is 0 Å². The van der Waals surface area contributed by atoms with Crippen molar-refractivity contribution in [2.75, 3.05) is 11.5 Å². The van der Waals surface area contributed by atoms with E-state index in [2.05, 4.69) is 5.32 Å². The number of rotatable bonds is 5. The second-order valence-electron chi connectivity index (χ2n) is 3.90. The van der Waals surface area contributed by atoms with Crippen LogP contribution in [0.2, 0.25) is 0 Å². The summed E-state index contributed by atoms with van der Waals surface area (Å²) < 4.78 is 10.9. The van der Waals surface area contributed by atoms with E-state index in [1.54, 1.807) is 6.07 Å². The van der Waals surface area contributed by atoms with Gasteiger partial charge in [-0.1, -0.05) is 12.1 Å². The van der Waals surface area contributed by atoms with Crippen molar-refractivity contribution >= 4 is 25.2 Å². The van der Waals surface area contributed by atoms with Gasteiger partial charge in [-0.3, -0.25) is 14.8 Å². The normalized spacial score (nSPS) is 12.7. The van der Waals surface area contributed by atoms with E-state index in [9.17, 15) is 9.36 Å². The lowest BCUT2D eigenvalue weighted by Gasteiger charge is -2.15. The average Bonchev–Trinajstić information content (AvgIpc) is 2.23. The Morgan fingerprint density at radius 3 is 2.58 bits per heavy atom. The first-order valence-corrected chi connectivity index (χ1v) is 6.97. The molecule has 0 aromatic heterocycles. The summed E-state index contributed by atoms with van der Waals surface area (Å²) in [5.41, 5.74) is 5.74. The second-order valence-corrected chi connectivity index (χ2v) is 5.60. The van der Waals surface area contributed by atoms with Crippen LogP contribution in [0, 0.1) is 5.41 Å². The summed E-state index contributed by atoms with van der Waals surface area (Å²) in [4.78, 5) is 28.9. The molecule has 1 unspecified atom stereocenters. The first-order chi connectivity index (χ1) is 8.69. The SMILES string of the molecule is N=C(N)Nc1cccc(C(CP(=O)(O)O)C(=O)O)c1. The maximum absolute atomic E-state index is 11.1. The van der Waals surface area contributed by atoms with E-state index in [0.717, 1.165) is 0 Å². The Hall–Kier alpha value is -1.89. The van der Waals surface area contributed by atoms with Gasteiger partial charge in [0.15, 0.2) is 5.96 Å². The molecule has 0 heterocycles. The number of guanidine groups is 1. The molecule has 0 saturated carbocycles. The summed E-state index contributed by atoms with van der Waals surface area (Å²) in [6, 6.07) is 5.90. The largest absolute Gasteiger partial charge is 0.481 e. The lowest BCUT2D eigenvalue weighted by atomic mass is 10.0. The van der Waals surface area contributed by atoms with Crippen LogP contribution < -0.4 is 11.1 Å². The standard InChI is InChI=1S/C10H14N3O5P/c11-10(12)13-7-3-1-2-6(4-7)8(9(14)15)5-19(16,17)18/h1-4,8H,5H2,(H,14,15)(H4,11,12,13)(H2,16,17,18). The highest BCUT2D eigenvalue weighted by molar-refractivity contribution is 7.51. The smallest absolute Gasteiger partial charge is 0.326 e. The van der Waals surface area contributed by atoms with Gasteiger partial charge < -0.3 is 25.9 Å². The van der Waals surface area contributed by atoms with Gasteiger partial charge in [0, 0.05) is 5.69 Å². The van der Waals surface area contributed by atoms with Crippen LogP contribution >= 0.6 is 7.60 Å². The minimum Gasteiger partial charge on any atom is -0.481 e. The highest BCUT2D eigenvalue weighted by atomic mass is 31.2. The van der Waals surface area contributed by atoms with Gasteiger partial charge in [0.2, 0.25) is 0 Å². The Bertz CT molecular complexity index is 542. The predicted molar refractivity (Wildman–Crippen MR) is 69.3 cm³/mol. The zero-order valence-electron chi connectivity index (χ0n) is 9.78. The first kappa shape index (κ1) is 15.2. The highest BCUT2D eigenvalue weighted by Crippen LogP contribution is 2.40. The van der Waals surface area contributed by atoms with Crippen molar-refractivity contribution in [3.8, 4) is 0 Å². The molecule has 0 bridgehead atoms. The monoisotopic (exact) mass is 287 g/mol. The van der Waals surface area contributed by atoms with Crippen LogP contribution in [0.4, 0.5) is 5.69 Å². The molecule has 1 aromatic rings. The molecule has 0 amide bonds. The number of aliphatic carboxylic acids is 1. The highest BCUT2D eigenvalue weighted by Gasteiger charge is 2.28. The van der Waals surface area contributed by atoms with E-state index < -0.39 is 25.6 Å². The van der Waals surface area contributed by atoms with Crippen molar-refractivity contribution < 1.29 is 24.3 Å². The van der Waals surface area contributed by atoms with Crippen LogP contribution in [0.15, 0.2) is 24.3 Å². The number of carboxylic acid groups (broad SMARTS) is 1. The van der Waals surface area contributed by atoms with Crippen molar-refractivity contribution in [1.82, 2.24) is 0 Å². The van der Waals surface area contributed by atoms with E-state index in [1.807, 2.05) is 0 Å². The zero-order valence-corrected chi connectivity index (χ0v) is 10.7. The molecule has 9 heteroatoms. The molecule has 0 fully saturated rings. The molecular weight excluding hydrogens is 273 g/mol. The van der Waals surface area contributed by atoms with Gasteiger partial charge in [-0.15, -0.1) is 0 Å². The summed E-state index contributed by atoms with van der Waals surface area (Å²) in [6.45, 7) is 0. The molecule has 104 valence electrons. The number of benzene rings is 1. The Kier molecular flexibility index (Phi) is 4.66. The molecule has 1 aromatic carbocycles. The fourth-order valence-corrected chi connectivity index (χ4v) is 2.40. The lowest BCUT2D eigenvalue weighted by Crippen LogP contribution is -2.21. The fourth-order valence-electron chi connectivity index (χ4n) is 1.55. The second kappa shape index (κ2) is 5.83. The van der Waals surface area contributed by atoms with Gasteiger partial charge in [-0.2, -0.15) is 0 Å². The summed E-state index contributed by atoms with van der Waals surface area (Å²) >= 11 is 0. The Morgan fingerprint density at radius 2 is 2.11 bits per heavy atom. The van der Waals surface area contributed by atoms with Gasteiger partial charge in [-0.05, 0) is 17.7 Å². The number of carbonyl (C=O) groups is 1. The van der Waals surface area contributed by atoms with E-state index in [0.29, 0.717) is 5.69 Å². The molecule has 0 radical (unpaired) electrons. The number of nitrogens with one attached hydrogen (secondary N) is 2. The Morgan fingerprint density at radius 1 is 1.47 bits per heavy atom. The molecule has 1 atom stereocenters. The predicted octanol–water partition coefficient (Wildman–Crippen LogP) is 0.338. The van der Waals surface area contributed by atoms with E-state index in [4.69, 9.17) is 26.0 Å². The molecular formula is C10H14N3O5P. The number of nitrogens with two attached hydrogens (primary N) is 1. The maximum atomic E-state index is 11.1. The number of carboxylic acids is 1. The van der Waals surface area contributed by atoms with Crippen LogP contribution in [0.1, 0.15) is 11.5 Å². The number of anilines is 1. The molecule has 0 aliphatic carbocycles. The molecule has 7 N–H and O–H groups in total. The van der Waals surface area contributed by atoms with Gasteiger partial charge in [-0.25, -0.2) is 0 Å². The third-order valence-corrected chi connectivity index (χ3v) is 3.13.